The fourth-order valence-electron chi connectivity index (χ4n) is 3.13. The van der Waals surface area contributed by atoms with Crippen molar-refractivity contribution in [3.63, 3.8) is 0 Å². The molecule has 0 unspecified atom stereocenters. The third-order valence-electron chi connectivity index (χ3n) is 5.12. The molecular formula is C23H24N4O2S. The van der Waals surface area contributed by atoms with E-state index >= 15 is 0 Å². The molecule has 4 rings (SSSR count). The van der Waals surface area contributed by atoms with Gasteiger partial charge in [0.2, 0.25) is 11.1 Å². The number of carbonyl (C=O) groups is 2. The van der Waals surface area contributed by atoms with Gasteiger partial charge in [-0.15, -0.1) is 5.10 Å². The van der Waals surface area contributed by atoms with Crippen molar-refractivity contribution in [2.75, 3.05) is 12.8 Å². The molecule has 2 aromatic carbocycles. The minimum Gasteiger partial charge on any atom is -0.342 e. The van der Waals surface area contributed by atoms with E-state index < -0.39 is 0 Å². The van der Waals surface area contributed by atoms with Gasteiger partial charge in [0.1, 0.15) is 5.82 Å². The zero-order chi connectivity index (χ0) is 21.1. The Kier molecular flexibility index (Phi) is 5.99. The molecule has 1 fully saturated rings. The molecule has 0 N–H and O–H groups in total. The van der Waals surface area contributed by atoms with Crippen molar-refractivity contribution in [2.24, 2.45) is 0 Å². The standard InChI is InChI=1S/C23H24N4O2S/c1-16(28)26(2)14-17-8-10-18(11-9-17)21(29)15-30-23-24-22(19-12-13-19)27(25-23)20-6-4-3-5-7-20/h3-11,19H,12-15H2,1-2H3. The van der Waals surface area contributed by atoms with Crippen molar-refractivity contribution in [1.29, 1.82) is 0 Å². The van der Waals surface area contributed by atoms with Crippen molar-refractivity contribution in [3.8, 4) is 5.69 Å². The van der Waals surface area contributed by atoms with E-state index in [0.29, 0.717) is 23.2 Å². The van der Waals surface area contributed by atoms with Crippen LogP contribution in [0.3, 0.4) is 0 Å². The maximum atomic E-state index is 12.6. The van der Waals surface area contributed by atoms with Gasteiger partial charge in [0.25, 0.3) is 0 Å². The van der Waals surface area contributed by atoms with Crippen molar-refractivity contribution in [3.05, 3.63) is 71.5 Å². The number of hydrogen-bond donors (Lipinski definition) is 0. The van der Waals surface area contributed by atoms with Crippen molar-refractivity contribution in [1.82, 2.24) is 19.7 Å². The zero-order valence-electron chi connectivity index (χ0n) is 17.1. The lowest BCUT2D eigenvalue weighted by molar-refractivity contribution is -0.128. The number of para-hydroxylation sites is 1. The van der Waals surface area contributed by atoms with Gasteiger partial charge in [-0.25, -0.2) is 9.67 Å². The predicted molar refractivity (Wildman–Crippen MR) is 117 cm³/mol. The lowest BCUT2D eigenvalue weighted by Crippen LogP contribution is -2.22. The maximum absolute atomic E-state index is 12.6. The summed E-state index contributed by atoms with van der Waals surface area (Å²) < 4.78 is 1.91. The minimum absolute atomic E-state index is 0.0135. The van der Waals surface area contributed by atoms with Gasteiger partial charge in [-0.3, -0.25) is 9.59 Å². The molecule has 6 nitrogen and oxygen atoms in total. The van der Waals surface area contributed by atoms with Crippen LogP contribution in [0.4, 0.5) is 0 Å². The van der Waals surface area contributed by atoms with Crippen LogP contribution < -0.4 is 0 Å². The third-order valence-corrected chi connectivity index (χ3v) is 5.96. The molecule has 1 aliphatic rings. The molecule has 1 aromatic heterocycles. The Morgan fingerprint density at radius 1 is 1.10 bits per heavy atom. The highest BCUT2D eigenvalue weighted by molar-refractivity contribution is 7.99. The van der Waals surface area contributed by atoms with Gasteiger partial charge in [0.05, 0.1) is 11.4 Å². The molecule has 0 spiro atoms. The topological polar surface area (TPSA) is 68.1 Å². The summed E-state index contributed by atoms with van der Waals surface area (Å²) in [5.74, 6) is 1.78. The number of carbonyl (C=O) groups excluding carboxylic acids is 2. The highest BCUT2D eigenvalue weighted by Gasteiger charge is 2.30. The van der Waals surface area contributed by atoms with E-state index in [1.54, 1.807) is 11.9 Å². The van der Waals surface area contributed by atoms with Crippen LogP contribution in [0.1, 0.15) is 47.4 Å². The average Bonchev–Trinajstić information content (AvgIpc) is 3.52. The van der Waals surface area contributed by atoms with Crippen LogP contribution in [0, 0.1) is 0 Å². The lowest BCUT2D eigenvalue weighted by atomic mass is 10.1. The van der Waals surface area contributed by atoms with E-state index in [-0.39, 0.29) is 17.4 Å². The van der Waals surface area contributed by atoms with Crippen LogP contribution in [0.2, 0.25) is 0 Å². The number of aromatic nitrogens is 3. The van der Waals surface area contributed by atoms with Gasteiger partial charge < -0.3 is 4.90 Å². The number of rotatable bonds is 8. The Morgan fingerprint density at radius 2 is 1.80 bits per heavy atom. The van der Waals surface area contributed by atoms with Crippen LogP contribution in [-0.4, -0.2) is 44.2 Å². The molecule has 0 bridgehead atoms. The van der Waals surface area contributed by atoms with E-state index in [1.165, 1.54) is 18.7 Å². The monoisotopic (exact) mass is 420 g/mol. The van der Waals surface area contributed by atoms with Gasteiger partial charge in [-0.2, -0.15) is 0 Å². The summed E-state index contributed by atoms with van der Waals surface area (Å²) in [6, 6.07) is 17.4. The first kappa shape index (κ1) is 20.3. The Hall–Kier alpha value is -2.93. The van der Waals surface area contributed by atoms with Crippen molar-refractivity contribution in [2.45, 2.75) is 37.4 Å². The second-order valence-electron chi connectivity index (χ2n) is 7.56. The van der Waals surface area contributed by atoms with E-state index in [9.17, 15) is 9.59 Å². The smallest absolute Gasteiger partial charge is 0.219 e. The summed E-state index contributed by atoms with van der Waals surface area (Å²) in [5.41, 5.74) is 2.65. The van der Waals surface area contributed by atoms with Crippen molar-refractivity contribution >= 4 is 23.5 Å². The second-order valence-corrected chi connectivity index (χ2v) is 8.50. The third kappa shape index (κ3) is 4.79. The molecule has 1 heterocycles. The quantitative estimate of drug-likeness (QED) is 0.405. The molecule has 0 atom stereocenters. The van der Waals surface area contributed by atoms with E-state index in [2.05, 4.69) is 5.10 Å². The van der Waals surface area contributed by atoms with Crippen LogP contribution >= 0.6 is 11.8 Å². The number of benzene rings is 2. The molecule has 0 radical (unpaired) electrons. The predicted octanol–water partition coefficient (Wildman–Crippen LogP) is 4.10. The van der Waals surface area contributed by atoms with Gasteiger partial charge in [0, 0.05) is 32.0 Å². The fourth-order valence-corrected chi connectivity index (χ4v) is 3.85. The summed E-state index contributed by atoms with van der Waals surface area (Å²) in [7, 11) is 1.76. The first-order chi connectivity index (χ1) is 14.5. The molecule has 30 heavy (non-hydrogen) atoms. The fraction of sp³-hybridized carbons (Fsp3) is 0.304. The highest BCUT2D eigenvalue weighted by Crippen LogP contribution is 2.40. The Balaban J connectivity index is 1.41. The molecule has 7 heteroatoms. The molecule has 1 saturated carbocycles. The number of ketones is 1. The number of Topliss-reactive ketones (excluding diaryl/α,β-unsaturated/α-hetero) is 1. The SMILES string of the molecule is CC(=O)N(C)Cc1ccc(C(=O)CSc2nc(C3CC3)n(-c3ccccc3)n2)cc1. The van der Waals surface area contributed by atoms with Gasteiger partial charge in [-0.1, -0.05) is 54.2 Å². The number of amides is 1. The molecule has 1 aliphatic carbocycles. The minimum atomic E-state index is 0.0135. The zero-order valence-corrected chi connectivity index (χ0v) is 17.9. The van der Waals surface area contributed by atoms with Crippen LogP contribution in [0.15, 0.2) is 59.8 Å². The summed E-state index contributed by atoms with van der Waals surface area (Å²) in [6.07, 6.45) is 2.28. The average molecular weight is 421 g/mol. The normalized spacial score (nSPS) is 13.3. The van der Waals surface area contributed by atoms with E-state index in [0.717, 1.165) is 29.9 Å². The summed E-state index contributed by atoms with van der Waals surface area (Å²) in [5, 5.41) is 5.28. The number of nitrogens with zero attached hydrogens (tertiary/aromatic N) is 4. The Morgan fingerprint density at radius 3 is 2.43 bits per heavy atom. The van der Waals surface area contributed by atoms with E-state index in [1.807, 2.05) is 59.3 Å². The second kappa shape index (κ2) is 8.83. The molecule has 154 valence electrons. The van der Waals surface area contributed by atoms with Crippen molar-refractivity contribution < 1.29 is 9.59 Å². The van der Waals surface area contributed by atoms with Gasteiger partial charge in [0.15, 0.2) is 5.78 Å². The maximum Gasteiger partial charge on any atom is 0.219 e. The highest BCUT2D eigenvalue weighted by atomic mass is 32.2. The lowest BCUT2D eigenvalue weighted by Gasteiger charge is -2.14. The first-order valence-electron chi connectivity index (χ1n) is 10.0. The first-order valence-corrected chi connectivity index (χ1v) is 11.0. The largest absolute Gasteiger partial charge is 0.342 e. The molecule has 1 amide bonds. The molecule has 0 aliphatic heterocycles. The van der Waals surface area contributed by atoms with Gasteiger partial charge in [-0.05, 0) is 30.5 Å². The van der Waals surface area contributed by atoms with E-state index in [4.69, 9.17) is 4.98 Å². The Labute approximate surface area is 180 Å². The summed E-state index contributed by atoms with van der Waals surface area (Å²) in [4.78, 5) is 30.3. The number of hydrogen-bond acceptors (Lipinski definition) is 5. The van der Waals surface area contributed by atoms with Crippen LogP contribution in [0.25, 0.3) is 5.69 Å². The summed E-state index contributed by atoms with van der Waals surface area (Å²) >= 11 is 1.37. The molecular weight excluding hydrogens is 396 g/mol. The van der Waals surface area contributed by atoms with Crippen LogP contribution in [-0.2, 0) is 11.3 Å². The molecule has 0 saturated heterocycles. The van der Waals surface area contributed by atoms with Gasteiger partial charge >= 0.3 is 0 Å². The summed E-state index contributed by atoms with van der Waals surface area (Å²) in [6.45, 7) is 2.07. The Bertz CT molecular complexity index is 1040. The van der Waals surface area contributed by atoms with Crippen LogP contribution in [0.5, 0.6) is 0 Å². The molecule has 3 aromatic rings. The number of thioether (sulfide) groups is 1.